The molecule has 0 aromatic carbocycles. The van der Waals surface area contributed by atoms with Crippen LogP contribution in [0.15, 0.2) is 17.2 Å². The molecule has 0 bridgehead atoms. The van der Waals surface area contributed by atoms with Crippen LogP contribution in [0.25, 0.3) is 0 Å². The number of hydrogen-bond donors (Lipinski definition) is 1. The van der Waals surface area contributed by atoms with E-state index in [0.29, 0.717) is 5.82 Å². The molecule has 2 heterocycles. The molecular weight excluding hydrogens is 268 g/mol. The molecule has 1 atom stereocenters. The maximum atomic E-state index is 12.4. The van der Waals surface area contributed by atoms with Crippen LogP contribution in [0.4, 0.5) is 5.82 Å². The Labute approximate surface area is 126 Å². The fourth-order valence-electron chi connectivity index (χ4n) is 2.49. The summed E-state index contributed by atoms with van der Waals surface area (Å²) in [6.45, 7) is 12.4. The number of nitrogens with zero attached hydrogens (tertiary/aromatic N) is 3. The van der Waals surface area contributed by atoms with Crippen LogP contribution in [0.1, 0.15) is 27.7 Å². The van der Waals surface area contributed by atoms with E-state index in [1.165, 1.54) is 0 Å². The van der Waals surface area contributed by atoms with Gasteiger partial charge in [0.25, 0.3) is 5.56 Å². The van der Waals surface area contributed by atoms with Crippen molar-refractivity contribution < 1.29 is 4.74 Å². The first-order chi connectivity index (χ1) is 9.88. The van der Waals surface area contributed by atoms with Crippen LogP contribution >= 0.6 is 0 Å². The molecule has 0 amide bonds. The third kappa shape index (κ3) is 4.28. The Bertz CT molecular complexity index is 515. The number of nitrogens with one attached hydrogen (secondary N) is 1. The van der Waals surface area contributed by atoms with Gasteiger partial charge in [-0.15, -0.1) is 0 Å². The SMILES string of the molecule is CC(CN1CCOCC1)Nc1nccn(C(C)(C)C)c1=O. The van der Waals surface area contributed by atoms with Crippen molar-refractivity contribution in [1.29, 1.82) is 0 Å². The van der Waals surface area contributed by atoms with Gasteiger partial charge < -0.3 is 14.6 Å². The highest BCUT2D eigenvalue weighted by molar-refractivity contribution is 5.32. The Morgan fingerprint density at radius 3 is 2.67 bits per heavy atom. The Kier molecular flexibility index (Phi) is 5.00. The van der Waals surface area contributed by atoms with Crippen LogP contribution in [-0.4, -0.2) is 53.3 Å². The molecular formula is C15H26N4O2. The Morgan fingerprint density at radius 1 is 1.38 bits per heavy atom. The van der Waals surface area contributed by atoms with Crippen LogP contribution in [0.2, 0.25) is 0 Å². The number of morpholine rings is 1. The number of rotatable bonds is 4. The van der Waals surface area contributed by atoms with Gasteiger partial charge in [-0.2, -0.15) is 0 Å². The van der Waals surface area contributed by atoms with Crippen molar-refractivity contribution in [3.8, 4) is 0 Å². The fourth-order valence-corrected chi connectivity index (χ4v) is 2.49. The van der Waals surface area contributed by atoms with Crippen LogP contribution in [0.5, 0.6) is 0 Å². The van der Waals surface area contributed by atoms with E-state index in [0.717, 1.165) is 32.8 Å². The molecule has 6 nitrogen and oxygen atoms in total. The Balaban J connectivity index is 2.03. The van der Waals surface area contributed by atoms with E-state index < -0.39 is 0 Å². The summed E-state index contributed by atoms with van der Waals surface area (Å²) in [5.74, 6) is 0.424. The summed E-state index contributed by atoms with van der Waals surface area (Å²) < 4.78 is 7.06. The van der Waals surface area contributed by atoms with E-state index >= 15 is 0 Å². The molecule has 0 aliphatic carbocycles. The molecule has 21 heavy (non-hydrogen) atoms. The first-order valence-electron chi connectivity index (χ1n) is 7.52. The van der Waals surface area contributed by atoms with Crippen LogP contribution < -0.4 is 10.9 Å². The van der Waals surface area contributed by atoms with Crippen molar-refractivity contribution >= 4 is 5.82 Å². The summed E-state index contributed by atoms with van der Waals surface area (Å²) >= 11 is 0. The number of ether oxygens (including phenoxy) is 1. The highest BCUT2D eigenvalue weighted by Gasteiger charge is 2.18. The molecule has 1 aromatic heterocycles. The quantitative estimate of drug-likeness (QED) is 0.902. The molecule has 0 spiro atoms. The van der Waals surface area contributed by atoms with Gasteiger partial charge in [0.15, 0.2) is 5.82 Å². The van der Waals surface area contributed by atoms with Gasteiger partial charge in [-0.25, -0.2) is 4.98 Å². The second-order valence-electron chi connectivity index (χ2n) is 6.58. The predicted octanol–water partition coefficient (Wildman–Crippen LogP) is 1.13. The Hall–Kier alpha value is -1.40. The van der Waals surface area contributed by atoms with Crippen LogP contribution in [-0.2, 0) is 10.3 Å². The van der Waals surface area contributed by atoms with Crippen molar-refractivity contribution in [2.75, 3.05) is 38.2 Å². The maximum Gasteiger partial charge on any atom is 0.293 e. The molecule has 1 fully saturated rings. The van der Waals surface area contributed by atoms with Gasteiger partial charge in [-0.3, -0.25) is 9.69 Å². The van der Waals surface area contributed by atoms with Crippen molar-refractivity contribution in [3.05, 3.63) is 22.7 Å². The summed E-state index contributed by atoms with van der Waals surface area (Å²) in [5.41, 5.74) is -0.317. The lowest BCUT2D eigenvalue weighted by atomic mass is 10.1. The first kappa shape index (κ1) is 16.0. The topological polar surface area (TPSA) is 59.4 Å². The second-order valence-corrected chi connectivity index (χ2v) is 6.58. The number of hydrogen-bond acceptors (Lipinski definition) is 5. The molecule has 1 aliphatic rings. The molecule has 118 valence electrons. The van der Waals surface area contributed by atoms with E-state index in [1.54, 1.807) is 17.0 Å². The molecule has 0 saturated carbocycles. The van der Waals surface area contributed by atoms with Crippen LogP contribution in [0.3, 0.4) is 0 Å². The minimum atomic E-state index is -0.246. The molecule has 1 N–H and O–H groups in total. The van der Waals surface area contributed by atoms with Gasteiger partial charge in [0, 0.05) is 43.6 Å². The lowest BCUT2D eigenvalue weighted by Crippen LogP contribution is -2.43. The average molecular weight is 294 g/mol. The molecule has 0 radical (unpaired) electrons. The van der Waals surface area contributed by atoms with Gasteiger partial charge >= 0.3 is 0 Å². The third-order valence-corrected chi connectivity index (χ3v) is 3.58. The first-order valence-corrected chi connectivity index (χ1v) is 7.52. The van der Waals surface area contributed by atoms with Crippen molar-refractivity contribution in [2.24, 2.45) is 0 Å². The summed E-state index contributed by atoms with van der Waals surface area (Å²) in [7, 11) is 0. The van der Waals surface area contributed by atoms with Gasteiger partial charge in [0.1, 0.15) is 0 Å². The smallest absolute Gasteiger partial charge is 0.293 e. The maximum absolute atomic E-state index is 12.4. The standard InChI is InChI=1S/C15H26N4O2/c1-12(11-18-7-9-21-10-8-18)17-13-14(20)19(6-5-16-13)15(2,3)4/h5-6,12H,7-11H2,1-4H3,(H,16,17). The van der Waals surface area contributed by atoms with E-state index in [-0.39, 0.29) is 17.1 Å². The van der Waals surface area contributed by atoms with Gasteiger partial charge in [-0.05, 0) is 27.7 Å². The van der Waals surface area contributed by atoms with Gasteiger partial charge in [0.2, 0.25) is 0 Å². The predicted molar refractivity (Wildman–Crippen MR) is 83.8 cm³/mol. The summed E-state index contributed by atoms with van der Waals surface area (Å²) in [5, 5.41) is 3.24. The second kappa shape index (κ2) is 6.58. The lowest BCUT2D eigenvalue weighted by Gasteiger charge is -2.29. The zero-order valence-corrected chi connectivity index (χ0v) is 13.4. The zero-order chi connectivity index (χ0) is 15.5. The van der Waals surface area contributed by atoms with Crippen molar-refractivity contribution in [3.63, 3.8) is 0 Å². The third-order valence-electron chi connectivity index (χ3n) is 3.58. The van der Waals surface area contributed by atoms with E-state index in [2.05, 4.69) is 22.1 Å². The highest BCUT2D eigenvalue weighted by atomic mass is 16.5. The minimum Gasteiger partial charge on any atom is -0.379 e. The molecule has 6 heteroatoms. The van der Waals surface area contributed by atoms with E-state index in [4.69, 9.17) is 4.74 Å². The van der Waals surface area contributed by atoms with Crippen molar-refractivity contribution in [2.45, 2.75) is 39.3 Å². The molecule has 2 rings (SSSR count). The lowest BCUT2D eigenvalue weighted by molar-refractivity contribution is 0.0368. The number of anilines is 1. The van der Waals surface area contributed by atoms with Gasteiger partial charge in [-0.1, -0.05) is 0 Å². The molecule has 1 saturated heterocycles. The van der Waals surface area contributed by atoms with Crippen molar-refractivity contribution in [1.82, 2.24) is 14.5 Å². The fraction of sp³-hybridized carbons (Fsp3) is 0.733. The van der Waals surface area contributed by atoms with E-state index in [1.807, 2.05) is 20.8 Å². The molecule has 1 aromatic rings. The Morgan fingerprint density at radius 2 is 2.05 bits per heavy atom. The van der Waals surface area contributed by atoms with Gasteiger partial charge in [0.05, 0.1) is 13.2 Å². The zero-order valence-electron chi connectivity index (χ0n) is 13.4. The largest absolute Gasteiger partial charge is 0.379 e. The normalized spacial score (nSPS) is 18.5. The molecule has 1 aliphatic heterocycles. The van der Waals surface area contributed by atoms with E-state index in [9.17, 15) is 4.79 Å². The number of aromatic nitrogens is 2. The summed E-state index contributed by atoms with van der Waals surface area (Å²) in [6, 6.07) is 0.166. The van der Waals surface area contributed by atoms with Crippen LogP contribution in [0, 0.1) is 0 Å². The minimum absolute atomic E-state index is 0.0705. The summed E-state index contributed by atoms with van der Waals surface area (Å²) in [6.07, 6.45) is 3.41. The average Bonchev–Trinajstić information content (AvgIpc) is 2.41. The molecule has 1 unspecified atom stereocenters. The summed E-state index contributed by atoms with van der Waals surface area (Å²) in [4.78, 5) is 19.0. The highest BCUT2D eigenvalue weighted by Crippen LogP contribution is 2.11. The monoisotopic (exact) mass is 294 g/mol.